The Morgan fingerprint density at radius 3 is 2.55 bits per heavy atom. The molecule has 0 amide bonds. The monoisotopic (exact) mass is 157 g/mol. The highest BCUT2D eigenvalue weighted by Gasteiger charge is 2.16. The van der Waals surface area contributed by atoms with Crippen LogP contribution in [0.25, 0.3) is 0 Å². The van der Waals surface area contributed by atoms with Crippen molar-refractivity contribution in [2.45, 2.75) is 26.3 Å². The molecule has 11 heavy (non-hydrogen) atoms. The molecule has 0 spiro atoms. The van der Waals surface area contributed by atoms with Crippen LogP contribution in [0.15, 0.2) is 11.6 Å². The minimum atomic E-state index is -0.745. The molecule has 62 valence electrons. The van der Waals surface area contributed by atoms with E-state index < -0.39 is 11.0 Å². The number of aldehydes is 1. The third-order valence-corrected chi connectivity index (χ3v) is 1.54. The molecular weight excluding hydrogens is 146 g/mol. The van der Waals surface area contributed by atoms with E-state index in [4.69, 9.17) is 0 Å². The van der Waals surface area contributed by atoms with Crippen molar-refractivity contribution in [2.75, 3.05) is 0 Å². The molecule has 1 unspecified atom stereocenters. The summed E-state index contributed by atoms with van der Waals surface area (Å²) >= 11 is 0. The minimum Gasteiger partial charge on any atom is -0.299 e. The van der Waals surface area contributed by atoms with E-state index in [1.165, 1.54) is 13.0 Å². The first-order chi connectivity index (χ1) is 5.13. The molecule has 0 aromatic heterocycles. The molecule has 0 heterocycles. The first kappa shape index (κ1) is 9.81. The summed E-state index contributed by atoms with van der Waals surface area (Å²) in [6.45, 7) is 3.26. The maximum atomic E-state index is 10.2. The number of hydrogen-bond acceptors (Lipinski definition) is 3. The summed E-state index contributed by atoms with van der Waals surface area (Å²) in [5, 5.41) is 10.2. The van der Waals surface area contributed by atoms with Crippen LogP contribution in [0, 0.1) is 10.1 Å². The fourth-order valence-electron chi connectivity index (χ4n) is 0.775. The quantitative estimate of drug-likeness (QED) is 0.266. The summed E-state index contributed by atoms with van der Waals surface area (Å²) in [5.41, 5.74) is 0.560. The zero-order valence-corrected chi connectivity index (χ0v) is 6.61. The van der Waals surface area contributed by atoms with E-state index in [1.807, 2.05) is 0 Å². The third-order valence-electron chi connectivity index (χ3n) is 1.54. The lowest BCUT2D eigenvalue weighted by molar-refractivity contribution is -0.507. The van der Waals surface area contributed by atoms with Crippen LogP contribution >= 0.6 is 0 Å². The molecule has 1 atom stereocenters. The molecule has 0 aromatic carbocycles. The molecule has 0 saturated heterocycles. The van der Waals surface area contributed by atoms with Crippen molar-refractivity contribution < 1.29 is 9.72 Å². The van der Waals surface area contributed by atoms with Crippen LogP contribution < -0.4 is 0 Å². The number of rotatable bonds is 4. The Morgan fingerprint density at radius 2 is 2.27 bits per heavy atom. The molecule has 0 fully saturated rings. The van der Waals surface area contributed by atoms with Crippen LogP contribution in [0.2, 0.25) is 0 Å². The average Bonchev–Trinajstić information content (AvgIpc) is 1.98. The Hall–Kier alpha value is -1.19. The zero-order valence-electron chi connectivity index (χ0n) is 6.61. The van der Waals surface area contributed by atoms with E-state index >= 15 is 0 Å². The molecule has 0 aliphatic heterocycles. The van der Waals surface area contributed by atoms with Crippen molar-refractivity contribution in [2.24, 2.45) is 0 Å². The van der Waals surface area contributed by atoms with Crippen molar-refractivity contribution in [3.63, 3.8) is 0 Å². The number of carbonyl (C=O) groups excluding carboxylic acids is 1. The van der Waals surface area contributed by atoms with E-state index in [9.17, 15) is 14.9 Å². The molecule has 0 rings (SSSR count). The number of carbonyl (C=O) groups is 1. The van der Waals surface area contributed by atoms with Gasteiger partial charge in [0.05, 0.1) is 0 Å². The Kier molecular flexibility index (Phi) is 4.10. The largest absolute Gasteiger partial charge is 0.299 e. The fraction of sp³-hybridized carbons (Fsp3) is 0.571. The Bertz CT molecular complexity index is 186. The second-order valence-electron chi connectivity index (χ2n) is 2.19. The lowest BCUT2D eigenvalue weighted by Crippen LogP contribution is -2.17. The van der Waals surface area contributed by atoms with Crippen molar-refractivity contribution in [3.8, 4) is 0 Å². The number of nitro groups is 1. The van der Waals surface area contributed by atoms with Gasteiger partial charge in [-0.1, -0.05) is 6.92 Å². The average molecular weight is 157 g/mol. The predicted molar refractivity (Wildman–Crippen MR) is 40.9 cm³/mol. The van der Waals surface area contributed by atoms with Gasteiger partial charge in [0.1, 0.15) is 6.29 Å². The summed E-state index contributed by atoms with van der Waals surface area (Å²) < 4.78 is 0. The smallest absolute Gasteiger partial charge is 0.231 e. The van der Waals surface area contributed by atoms with Crippen molar-refractivity contribution >= 4 is 6.29 Å². The first-order valence-electron chi connectivity index (χ1n) is 3.41. The summed E-state index contributed by atoms with van der Waals surface area (Å²) in [6.07, 6.45) is 2.38. The predicted octanol–water partition coefficient (Wildman–Crippen LogP) is 1.19. The van der Waals surface area contributed by atoms with Gasteiger partial charge in [0.15, 0.2) is 0 Å². The maximum Gasteiger partial charge on any atom is 0.231 e. The summed E-state index contributed by atoms with van der Waals surface area (Å²) in [7, 11) is 0. The van der Waals surface area contributed by atoms with Crippen LogP contribution in [-0.4, -0.2) is 17.3 Å². The highest BCUT2D eigenvalue weighted by atomic mass is 16.6. The summed E-state index contributed by atoms with van der Waals surface area (Å²) in [6, 6.07) is -0.745. The van der Waals surface area contributed by atoms with Crippen LogP contribution in [0.3, 0.4) is 0 Å². The highest BCUT2D eigenvalue weighted by Crippen LogP contribution is 2.08. The van der Waals surface area contributed by atoms with E-state index in [0.717, 1.165) is 0 Å². The van der Waals surface area contributed by atoms with Crippen LogP contribution in [0.1, 0.15) is 20.3 Å². The second kappa shape index (κ2) is 4.60. The number of hydrogen-bond donors (Lipinski definition) is 0. The molecule has 0 saturated carbocycles. The van der Waals surface area contributed by atoms with Crippen LogP contribution in [-0.2, 0) is 4.79 Å². The summed E-state index contributed by atoms with van der Waals surface area (Å²) in [4.78, 5) is 19.8. The van der Waals surface area contributed by atoms with Crippen molar-refractivity contribution in [3.05, 3.63) is 21.8 Å². The van der Waals surface area contributed by atoms with Crippen molar-refractivity contribution in [1.29, 1.82) is 0 Å². The lowest BCUT2D eigenvalue weighted by Gasteiger charge is -2.04. The Labute approximate surface area is 65.1 Å². The van der Waals surface area contributed by atoms with Gasteiger partial charge in [-0.2, -0.15) is 0 Å². The van der Waals surface area contributed by atoms with Gasteiger partial charge in [0.2, 0.25) is 6.04 Å². The van der Waals surface area contributed by atoms with E-state index in [1.54, 1.807) is 6.92 Å². The topological polar surface area (TPSA) is 60.2 Å². The number of nitrogens with zero attached hydrogens (tertiary/aromatic N) is 1. The maximum absolute atomic E-state index is 10.2. The fourth-order valence-corrected chi connectivity index (χ4v) is 0.775. The van der Waals surface area contributed by atoms with Gasteiger partial charge in [-0.3, -0.25) is 14.9 Å². The second-order valence-corrected chi connectivity index (χ2v) is 2.19. The third kappa shape index (κ3) is 2.93. The van der Waals surface area contributed by atoms with Gasteiger partial charge in [-0.05, 0) is 12.5 Å². The Morgan fingerprint density at radius 1 is 1.73 bits per heavy atom. The van der Waals surface area contributed by atoms with Gasteiger partial charge < -0.3 is 0 Å². The van der Waals surface area contributed by atoms with E-state index in [2.05, 4.69) is 0 Å². The van der Waals surface area contributed by atoms with Crippen molar-refractivity contribution in [1.82, 2.24) is 0 Å². The van der Waals surface area contributed by atoms with Crippen LogP contribution in [0.4, 0.5) is 0 Å². The lowest BCUT2D eigenvalue weighted by atomic mass is 10.1. The molecular formula is C7H11NO3. The van der Waals surface area contributed by atoms with E-state index in [-0.39, 0.29) is 0 Å². The molecule has 0 radical (unpaired) electrons. The molecule has 0 aliphatic carbocycles. The van der Waals surface area contributed by atoms with E-state index in [0.29, 0.717) is 18.3 Å². The summed E-state index contributed by atoms with van der Waals surface area (Å²) in [5.74, 6) is 0. The Balaban J connectivity index is 4.37. The molecule has 0 aromatic rings. The van der Waals surface area contributed by atoms with Gasteiger partial charge in [-0.25, -0.2) is 0 Å². The van der Waals surface area contributed by atoms with Gasteiger partial charge in [-0.15, -0.1) is 0 Å². The normalized spacial score (nSPS) is 14.2. The number of allylic oxidation sites excluding steroid dienone is 1. The highest BCUT2D eigenvalue weighted by molar-refractivity contribution is 5.66. The first-order valence-corrected chi connectivity index (χ1v) is 3.41. The molecule has 4 nitrogen and oxygen atoms in total. The van der Waals surface area contributed by atoms with Gasteiger partial charge in [0, 0.05) is 17.4 Å². The minimum absolute atomic E-state index is 0.404. The zero-order chi connectivity index (χ0) is 8.85. The SMILES string of the molecule is CC/C(=C\C=O)C(C)[N+](=O)[O-]. The van der Waals surface area contributed by atoms with Crippen LogP contribution in [0.5, 0.6) is 0 Å². The van der Waals surface area contributed by atoms with Gasteiger partial charge >= 0.3 is 0 Å². The van der Waals surface area contributed by atoms with Gasteiger partial charge in [0.25, 0.3) is 0 Å². The molecule has 0 N–H and O–H groups in total. The molecule has 0 bridgehead atoms. The molecule has 4 heteroatoms. The molecule has 0 aliphatic rings. The standard InChI is InChI=1S/C7H11NO3/c1-3-7(4-5-9)6(2)8(10)11/h4-6H,3H2,1-2H3/b7-4+.